The number of hydrogen-bond donors (Lipinski definition) is 3. The van der Waals surface area contributed by atoms with Crippen LogP contribution >= 0.6 is 0 Å². The minimum absolute atomic E-state index is 0.131. The number of amides is 3. The van der Waals surface area contributed by atoms with Gasteiger partial charge in [0.2, 0.25) is 5.91 Å². The number of hydrogen-bond acceptors (Lipinski definition) is 6. The molecule has 0 aliphatic carbocycles. The number of primary amides is 1. The molecule has 3 amide bonds. The molecule has 31 heavy (non-hydrogen) atoms. The summed E-state index contributed by atoms with van der Waals surface area (Å²) in [5.41, 5.74) is 7.07. The molecule has 1 saturated heterocycles. The molecule has 2 aliphatic rings. The monoisotopic (exact) mass is 430 g/mol. The standard InChI is InChI=1S/C22H30N4O5/c1-3-30-16-7-5-14(6-8-16)19-18(21(28)31-4-2)17(24-22(29)25-19)13-26-11-9-15(10-12-26)20(23)27/h5-8,15,19H,3-4,9-13H2,1-2H3,(H2,23,27)(H2,24,25,29)/t19-/m0/s1. The fourth-order valence-electron chi connectivity index (χ4n) is 3.96. The van der Waals surface area contributed by atoms with E-state index in [1.165, 1.54) is 0 Å². The van der Waals surface area contributed by atoms with Crippen molar-refractivity contribution in [1.82, 2.24) is 15.5 Å². The number of carbonyl (C=O) groups is 3. The lowest BCUT2D eigenvalue weighted by Crippen LogP contribution is -2.49. The summed E-state index contributed by atoms with van der Waals surface area (Å²) in [4.78, 5) is 38.8. The van der Waals surface area contributed by atoms with Crippen molar-refractivity contribution in [2.75, 3.05) is 32.8 Å². The fourth-order valence-corrected chi connectivity index (χ4v) is 3.96. The van der Waals surface area contributed by atoms with E-state index in [1.807, 2.05) is 31.2 Å². The summed E-state index contributed by atoms with van der Waals surface area (Å²) < 4.78 is 10.8. The number of carbonyl (C=O) groups excluding carboxylic acids is 3. The van der Waals surface area contributed by atoms with Gasteiger partial charge in [-0.15, -0.1) is 0 Å². The highest BCUT2D eigenvalue weighted by Gasteiger charge is 2.35. The number of urea groups is 1. The second-order valence-electron chi connectivity index (χ2n) is 7.60. The van der Waals surface area contributed by atoms with Gasteiger partial charge in [0.15, 0.2) is 0 Å². The number of nitrogens with one attached hydrogen (secondary N) is 2. The van der Waals surface area contributed by atoms with E-state index in [2.05, 4.69) is 15.5 Å². The van der Waals surface area contributed by atoms with E-state index in [9.17, 15) is 14.4 Å². The molecule has 9 nitrogen and oxygen atoms in total. The minimum Gasteiger partial charge on any atom is -0.494 e. The molecule has 9 heteroatoms. The Kier molecular flexibility index (Phi) is 7.51. The van der Waals surface area contributed by atoms with Gasteiger partial charge in [-0.2, -0.15) is 0 Å². The van der Waals surface area contributed by atoms with Gasteiger partial charge in [-0.25, -0.2) is 9.59 Å². The SMILES string of the molecule is CCOC(=O)C1=C(CN2CCC(C(N)=O)CC2)NC(=O)N[C@H]1c1ccc(OCC)cc1. The number of piperidine rings is 1. The average Bonchev–Trinajstić information content (AvgIpc) is 2.74. The number of esters is 1. The first kappa shape index (κ1) is 22.6. The summed E-state index contributed by atoms with van der Waals surface area (Å²) in [5, 5.41) is 5.62. The summed E-state index contributed by atoms with van der Waals surface area (Å²) in [6.45, 7) is 6.11. The van der Waals surface area contributed by atoms with Gasteiger partial charge in [-0.3, -0.25) is 9.69 Å². The number of rotatable bonds is 8. The largest absolute Gasteiger partial charge is 0.494 e. The zero-order valence-corrected chi connectivity index (χ0v) is 18.0. The molecule has 1 aromatic rings. The Labute approximate surface area is 181 Å². The number of ether oxygens (including phenoxy) is 2. The Hall–Kier alpha value is -3.07. The summed E-state index contributed by atoms with van der Waals surface area (Å²) in [6, 6.07) is 6.26. The van der Waals surface area contributed by atoms with E-state index in [0.29, 0.717) is 56.1 Å². The van der Waals surface area contributed by atoms with E-state index in [0.717, 1.165) is 5.56 Å². The van der Waals surface area contributed by atoms with E-state index in [4.69, 9.17) is 15.2 Å². The molecule has 1 fully saturated rings. The van der Waals surface area contributed by atoms with Gasteiger partial charge in [-0.05, 0) is 57.5 Å². The molecule has 0 radical (unpaired) electrons. The molecule has 1 aromatic carbocycles. The van der Waals surface area contributed by atoms with Crippen molar-refractivity contribution in [3.8, 4) is 5.75 Å². The van der Waals surface area contributed by atoms with Crippen molar-refractivity contribution in [3.63, 3.8) is 0 Å². The van der Waals surface area contributed by atoms with Gasteiger partial charge in [-0.1, -0.05) is 12.1 Å². The van der Waals surface area contributed by atoms with Crippen LogP contribution in [0.4, 0.5) is 4.79 Å². The molecule has 3 rings (SSSR count). The average molecular weight is 431 g/mol. The number of nitrogens with zero attached hydrogens (tertiary/aromatic N) is 1. The smallest absolute Gasteiger partial charge is 0.338 e. The molecular formula is C22H30N4O5. The lowest BCUT2D eigenvalue weighted by molar-refractivity contribution is -0.139. The number of benzene rings is 1. The first-order chi connectivity index (χ1) is 14.9. The lowest BCUT2D eigenvalue weighted by Gasteiger charge is -2.34. The van der Waals surface area contributed by atoms with Crippen LogP contribution in [0, 0.1) is 5.92 Å². The maximum Gasteiger partial charge on any atom is 0.338 e. The van der Waals surface area contributed by atoms with Gasteiger partial charge in [0, 0.05) is 18.2 Å². The fraction of sp³-hybridized carbons (Fsp3) is 0.500. The summed E-state index contributed by atoms with van der Waals surface area (Å²) in [5.74, 6) is -0.174. The van der Waals surface area contributed by atoms with Gasteiger partial charge in [0.25, 0.3) is 0 Å². The maximum absolute atomic E-state index is 12.9. The highest BCUT2D eigenvalue weighted by Crippen LogP contribution is 2.30. The van der Waals surface area contributed by atoms with Gasteiger partial charge < -0.3 is 25.8 Å². The van der Waals surface area contributed by atoms with Gasteiger partial charge in [0.05, 0.1) is 24.8 Å². The van der Waals surface area contributed by atoms with E-state index >= 15 is 0 Å². The molecule has 0 bridgehead atoms. The van der Waals surface area contributed by atoms with Crippen molar-refractivity contribution in [2.24, 2.45) is 11.7 Å². The molecule has 2 aliphatic heterocycles. The Bertz CT molecular complexity index is 844. The van der Waals surface area contributed by atoms with Crippen molar-refractivity contribution >= 4 is 17.9 Å². The topological polar surface area (TPSA) is 123 Å². The molecule has 1 atom stereocenters. The van der Waals surface area contributed by atoms with Crippen LogP contribution < -0.4 is 21.1 Å². The molecule has 2 heterocycles. The predicted octanol–water partition coefficient (Wildman–Crippen LogP) is 1.45. The number of nitrogens with two attached hydrogens (primary N) is 1. The van der Waals surface area contributed by atoms with Crippen LogP contribution in [0.2, 0.25) is 0 Å². The van der Waals surface area contributed by atoms with Crippen LogP contribution in [0.1, 0.15) is 38.3 Å². The first-order valence-electron chi connectivity index (χ1n) is 10.6. The quantitative estimate of drug-likeness (QED) is 0.537. The summed E-state index contributed by atoms with van der Waals surface area (Å²) in [7, 11) is 0. The van der Waals surface area contributed by atoms with Crippen molar-refractivity contribution in [1.29, 1.82) is 0 Å². The highest BCUT2D eigenvalue weighted by atomic mass is 16.5. The van der Waals surface area contributed by atoms with Gasteiger partial charge >= 0.3 is 12.0 Å². The molecule has 0 spiro atoms. The highest BCUT2D eigenvalue weighted by molar-refractivity contribution is 5.95. The summed E-state index contributed by atoms with van der Waals surface area (Å²) in [6.07, 6.45) is 1.32. The Morgan fingerprint density at radius 2 is 1.81 bits per heavy atom. The zero-order chi connectivity index (χ0) is 22.4. The minimum atomic E-state index is -0.637. The van der Waals surface area contributed by atoms with E-state index < -0.39 is 12.0 Å². The lowest BCUT2D eigenvalue weighted by atomic mass is 9.93. The van der Waals surface area contributed by atoms with Crippen LogP contribution in [0.25, 0.3) is 0 Å². The second kappa shape index (κ2) is 10.3. The van der Waals surface area contributed by atoms with Crippen LogP contribution in [0.15, 0.2) is 35.5 Å². The third-order valence-electron chi connectivity index (χ3n) is 5.55. The maximum atomic E-state index is 12.9. The van der Waals surface area contributed by atoms with Crippen LogP contribution in [-0.2, 0) is 14.3 Å². The Balaban J connectivity index is 1.88. The van der Waals surface area contributed by atoms with Crippen molar-refractivity contribution in [2.45, 2.75) is 32.7 Å². The molecular weight excluding hydrogens is 400 g/mol. The predicted molar refractivity (Wildman–Crippen MR) is 114 cm³/mol. The Morgan fingerprint density at radius 3 is 2.39 bits per heavy atom. The molecule has 168 valence electrons. The van der Waals surface area contributed by atoms with Crippen molar-refractivity contribution < 1.29 is 23.9 Å². The molecule has 0 aromatic heterocycles. The van der Waals surface area contributed by atoms with Crippen LogP contribution in [-0.4, -0.2) is 55.7 Å². The second-order valence-corrected chi connectivity index (χ2v) is 7.60. The van der Waals surface area contributed by atoms with Crippen LogP contribution in [0.3, 0.4) is 0 Å². The molecule has 0 unspecified atom stereocenters. The number of likely N-dealkylation sites (tertiary alicyclic amines) is 1. The first-order valence-corrected chi connectivity index (χ1v) is 10.6. The van der Waals surface area contributed by atoms with Gasteiger partial charge in [0.1, 0.15) is 5.75 Å². The van der Waals surface area contributed by atoms with Crippen LogP contribution in [0.5, 0.6) is 5.75 Å². The third kappa shape index (κ3) is 5.55. The van der Waals surface area contributed by atoms with E-state index in [-0.39, 0.29) is 24.5 Å². The summed E-state index contributed by atoms with van der Waals surface area (Å²) >= 11 is 0. The molecule has 4 N–H and O–H groups in total. The Morgan fingerprint density at radius 1 is 1.13 bits per heavy atom. The van der Waals surface area contributed by atoms with E-state index in [1.54, 1.807) is 6.92 Å². The molecule has 0 saturated carbocycles. The normalized spacial score (nSPS) is 20.1. The zero-order valence-electron chi connectivity index (χ0n) is 18.0. The van der Waals surface area contributed by atoms with Crippen molar-refractivity contribution in [3.05, 3.63) is 41.1 Å². The third-order valence-corrected chi connectivity index (χ3v) is 5.55.